The van der Waals surface area contributed by atoms with Gasteiger partial charge in [-0.1, -0.05) is 12.1 Å². The molecule has 13 heavy (non-hydrogen) atoms. The highest BCUT2D eigenvalue weighted by atomic mass is 16.6. The summed E-state index contributed by atoms with van der Waals surface area (Å²) in [7, 11) is 0. The molecule has 0 fully saturated rings. The van der Waals surface area contributed by atoms with E-state index in [2.05, 4.69) is 0 Å². The van der Waals surface area contributed by atoms with Crippen molar-refractivity contribution in [3.05, 3.63) is 36.3 Å². The summed E-state index contributed by atoms with van der Waals surface area (Å²) in [5, 5.41) is 9.23. The lowest BCUT2D eigenvalue weighted by Crippen LogP contribution is -2.15. The number of para-hydroxylation sites is 2. The lowest BCUT2D eigenvalue weighted by Gasteiger charge is -2.19. The van der Waals surface area contributed by atoms with Crippen molar-refractivity contribution in [2.45, 2.75) is 13.0 Å². The second kappa shape index (κ2) is 3.11. The van der Waals surface area contributed by atoms with Gasteiger partial charge in [0.2, 0.25) is 0 Å². The molecule has 0 bridgehead atoms. The van der Waals surface area contributed by atoms with Crippen LogP contribution in [0.1, 0.15) is 6.92 Å². The highest BCUT2D eigenvalue weighted by Crippen LogP contribution is 2.32. The van der Waals surface area contributed by atoms with Crippen LogP contribution >= 0.6 is 0 Å². The zero-order valence-corrected chi connectivity index (χ0v) is 7.23. The van der Waals surface area contributed by atoms with E-state index < -0.39 is 6.10 Å². The molecule has 1 aromatic rings. The van der Waals surface area contributed by atoms with Crippen LogP contribution in [0.4, 0.5) is 0 Å². The number of hydrogen-bond donors (Lipinski definition) is 1. The lowest BCUT2D eigenvalue weighted by molar-refractivity contribution is 0.161. The Hall–Kier alpha value is -1.48. The van der Waals surface area contributed by atoms with Crippen molar-refractivity contribution >= 4 is 0 Å². The summed E-state index contributed by atoms with van der Waals surface area (Å²) in [5.74, 6) is 1.74. The molecule has 1 aromatic carbocycles. The smallest absolute Gasteiger partial charge is 0.169 e. The Morgan fingerprint density at radius 1 is 1.23 bits per heavy atom. The Morgan fingerprint density at radius 3 is 2.62 bits per heavy atom. The topological polar surface area (TPSA) is 38.7 Å². The summed E-state index contributed by atoms with van der Waals surface area (Å²) in [6.07, 6.45) is 0.779. The molecule has 68 valence electrons. The van der Waals surface area contributed by atoms with Crippen molar-refractivity contribution in [1.29, 1.82) is 0 Å². The molecule has 1 heterocycles. The first-order valence-corrected chi connectivity index (χ1v) is 4.09. The predicted octanol–water partition coefficient (Wildman–Crippen LogP) is 1.68. The van der Waals surface area contributed by atoms with Gasteiger partial charge in [0, 0.05) is 0 Å². The van der Waals surface area contributed by atoms with E-state index in [1.165, 1.54) is 6.26 Å². The fourth-order valence-electron chi connectivity index (χ4n) is 1.09. The van der Waals surface area contributed by atoms with Gasteiger partial charge >= 0.3 is 0 Å². The second-order valence-electron chi connectivity index (χ2n) is 2.86. The third-order valence-corrected chi connectivity index (χ3v) is 1.79. The number of aliphatic hydroxyl groups is 1. The van der Waals surface area contributed by atoms with Crippen LogP contribution in [0.2, 0.25) is 0 Å². The van der Waals surface area contributed by atoms with Gasteiger partial charge in [-0.3, -0.25) is 0 Å². The van der Waals surface area contributed by atoms with E-state index in [1.54, 1.807) is 13.0 Å². The zero-order chi connectivity index (χ0) is 9.26. The summed E-state index contributed by atoms with van der Waals surface area (Å²) < 4.78 is 10.6. The van der Waals surface area contributed by atoms with Gasteiger partial charge in [0.25, 0.3) is 0 Å². The molecule has 0 aromatic heterocycles. The number of fused-ring (bicyclic) bond motifs is 1. The lowest BCUT2D eigenvalue weighted by atomic mass is 10.3. The van der Waals surface area contributed by atoms with Crippen LogP contribution in [0.15, 0.2) is 36.3 Å². The number of benzene rings is 1. The Labute approximate surface area is 76.2 Å². The van der Waals surface area contributed by atoms with Crippen LogP contribution in [0.3, 0.4) is 0 Å². The Morgan fingerprint density at radius 2 is 1.92 bits per heavy atom. The molecule has 3 nitrogen and oxygen atoms in total. The fourth-order valence-corrected chi connectivity index (χ4v) is 1.09. The summed E-state index contributed by atoms with van der Waals surface area (Å²) in [6.45, 7) is 1.63. The van der Waals surface area contributed by atoms with Gasteiger partial charge in [-0.15, -0.1) is 0 Å². The molecule has 1 aliphatic rings. The minimum atomic E-state index is -0.645. The van der Waals surface area contributed by atoms with Crippen molar-refractivity contribution in [1.82, 2.24) is 0 Å². The summed E-state index contributed by atoms with van der Waals surface area (Å²) in [6, 6.07) is 7.33. The third-order valence-electron chi connectivity index (χ3n) is 1.79. The SMILES string of the molecule is CC(O)C1=COc2ccccc2O1. The van der Waals surface area contributed by atoms with Crippen molar-refractivity contribution < 1.29 is 14.6 Å². The van der Waals surface area contributed by atoms with Crippen LogP contribution < -0.4 is 9.47 Å². The van der Waals surface area contributed by atoms with Crippen LogP contribution in [-0.2, 0) is 0 Å². The Kier molecular flexibility index (Phi) is 1.94. The van der Waals surface area contributed by atoms with Gasteiger partial charge in [-0.2, -0.15) is 0 Å². The Balaban J connectivity index is 2.28. The van der Waals surface area contributed by atoms with Crippen LogP contribution in [-0.4, -0.2) is 11.2 Å². The van der Waals surface area contributed by atoms with E-state index in [1.807, 2.05) is 18.2 Å². The maximum Gasteiger partial charge on any atom is 0.169 e. The molecule has 1 aliphatic heterocycles. The van der Waals surface area contributed by atoms with Gasteiger partial charge in [-0.05, 0) is 19.1 Å². The van der Waals surface area contributed by atoms with E-state index >= 15 is 0 Å². The van der Waals surface area contributed by atoms with E-state index in [0.29, 0.717) is 17.3 Å². The largest absolute Gasteiger partial charge is 0.457 e. The Bertz CT molecular complexity index is 342. The number of aliphatic hydroxyl groups excluding tert-OH is 1. The molecule has 1 unspecified atom stereocenters. The van der Waals surface area contributed by atoms with Crippen molar-refractivity contribution in [2.24, 2.45) is 0 Å². The molecular weight excluding hydrogens is 168 g/mol. The molecule has 2 rings (SSSR count). The summed E-state index contributed by atoms with van der Waals surface area (Å²) in [4.78, 5) is 0. The monoisotopic (exact) mass is 178 g/mol. The van der Waals surface area contributed by atoms with E-state index in [-0.39, 0.29) is 0 Å². The average molecular weight is 178 g/mol. The quantitative estimate of drug-likeness (QED) is 0.711. The average Bonchev–Trinajstić information content (AvgIpc) is 2.17. The van der Waals surface area contributed by atoms with Gasteiger partial charge < -0.3 is 14.6 Å². The maximum absolute atomic E-state index is 9.23. The van der Waals surface area contributed by atoms with Gasteiger partial charge in [0.15, 0.2) is 17.3 Å². The van der Waals surface area contributed by atoms with Crippen molar-refractivity contribution in [3.63, 3.8) is 0 Å². The maximum atomic E-state index is 9.23. The molecule has 1 N–H and O–H groups in total. The molecule has 1 atom stereocenters. The molecule has 0 spiro atoms. The standard InChI is InChI=1S/C10H10O3/c1-7(11)10-6-12-8-4-2-3-5-9(8)13-10/h2-7,11H,1H3. The van der Waals surface area contributed by atoms with Crippen molar-refractivity contribution in [3.8, 4) is 11.5 Å². The summed E-state index contributed by atoms with van der Waals surface area (Å²) in [5.41, 5.74) is 0. The van der Waals surface area contributed by atoms with Gasteiger partial charge in [0.05, 0.1) is 0 Å². The molecule has 0 saturated heterocycles. The molecule has 3 heteroatoms. The first kappa shape index (κ1) is 8.13. The minimum absolute atomic E-state index is 0.429. The van der Waals surface area contributed by atoms with Crippen LogP contribution in [0.25, 0.3) is 0 Å². The number of rotatable bonds is 1. The zero-order valence-electron chi connectivity index (χ0n) is 7.23. The van der Waals surface area contributed by atoms with Crippen molar-refractivity contribution in [2.75, 3.05) is 0 Å². The molecule has 0 radical (unpaired) electrons. The second-order valence-corrected chi connectivity index (χ2v) is 2.86. The van der Waals surface area contributed by atoms with Crippen LogP contribution in [0.5, 0.6) is 11.5 Å². The van der Waals surface area contributed by atoms with Gasteiger partial charge in [-0.25, -0.2) is 0 Å². The van der Waals surface area contributed by atoms with E-state index in [9.17, 15) is 5.11 Å². The fraction of sp³-hybridized carbons (Fsp3) is 0.200. The molecule has 0 amide bonds. The van der Waals surface area contributed by atoms with Gasteiger partial charge in [0.1, 0.15) is 12.4 Å². The normalized spacial score (nSPS) is 16.3. The summed E-state index contributed by atoms with van der Waals surface area (Å²) >= 11 is 0. The van der Waals surface area contributed by atoms with E-state index in [4.69, 9.17) is 9.47 Å². The molecular formula is C10H10O3. The number of ether oxygens (including phenoxy) is 2. The van der Waals surface area contributed by atoms with Crippen LogP contribution in [0, 0.1) is 0 Å². The molecule has 0 aliphatic carbocycles. The first-order valence-electron chi connectivity index (χ1n) is 4.09. The highest BCUT2D eigenvalue weighted by molar-refractivity contribution is 5.42. The predicted molar refractivity (Wildman–Crippen MR) is 47.5 cm³/mol. The van der Waals surface area contributed by atoms with E-state index in [0.717, 1.165) is 0 Å². The highest BCUT2D eigenvalue weighted by Gasteiger charge is 2.16. The molecule has 0 saturated carbocycles. The number of hydrogen-bond acceptors (Lipinski definition) is 3. The first-order chi connectivity index (χ1) is 6.27. The minimum Gasteiger partial charge on any atom is -0.457 e. The third kappa shape index (κ3) is 1.51.